The number of hydrogen-bond acceptors (Lipinski definition) is 4. The molecule has 6 heteroatoms. The van der Waals surface area contributed by atoms with Crippen LogP contribution in [-0.4, -0.2) is 34.3 Å². The maximum atomic E-state index is 13.7. The van der Waals surface area contributed by atoms with E-state index in [0.717, 1.165) is 11.0 Å². The van der Waals surface area contributed by atoms with Gasteiger partial charge in [0.25, 0.3) is 11.8 Å². The van der Waals surface area contributed by atoms with Crippen LogP contribution in [0.5, 0.6) is 0 Å². The van der Waals surface area contributed by atoms with Gasteiger partial charge in [-0.15, -0.1) is 0 Å². The Morgan fingerprint density at radius 3 is 2.35 bits per heavy atom. The molecule has 1 heterocycles. The van der Waals surface area contributed by atoms with Crippen LogP contribution in [0.2, 0.25) is 0 Å². The summed E-state index contributed by atoms with van der Waals surface area (Å²) in [5, 5.41) is 0. The van der Waals surface area contributed by atoms with Crippen molar-refractivity contribution in [2.75, 3.05) is 0 Å². The number of aryl methyl sites for hydroxylation is 1. The number of nitrogens with zero attached hydrogens (tertiary/aromatic N) is 1. The summed E-state index contributed by atoms with van der Waals surface area (Å²) in [7, 11) is 0. The largest absolute Gasteiger partial charge is 0.300 e. The van der Waals surface area contributed by atoms with Gasteiger partial charge in [-0.2, -0.15) is 0 Å². The van der Waals surface area contributed by atoms with Crippen LogP contribution in [-0.2, 0) is 9.59 Å². The second kappa shape index (κ2) is 5.68. The normalized spacial score (nSPS) is 22.2. The first kappa shape index (κ1) is 15.5. The second-order valence-electron chi connectivity index (χ2n) is 6.04. The minimum absolute atomic E-state index is 0.0146. The zero-order valence-corrected chi connectivity index (χ0v) is 12.7. The Morgan fingerprint density at radius 2 is 1.65 bits per heavy atom. The summed E-state index contributed by atoms with van der Waals surface area (Å²) in [5.41, 5.74) is 0.375. The summed E-state index contributed by atoms with van der Waals surface area (Å²) < 4.78 is 13.7. The highest BCUT2D eigenvalue weighted by Crippen LogP contribution is 2.30. The molecule has 1 aliphatic heterocycles. The first-order valence-corrected chi connectivity index (χ1v) is 7.62. The summed E-state index contributed by atoms with van der Waals surface area (Å²) in [6.45, 7) is 1.51. The molecule has 1 aliphatic carbocycles. The van der Waals surface area contributed by atoms with E-state index in [9.17, 15) is 23.6 Å². The molecule has 0 saturated heterocycles. The smallest absolute Gasteiger partial charge is 0.262 e. The van der Waals surface area contributed by atoms with Gasteiger partial charge in [0.2, 0.25) is 0 Å². The highest BCUT2D eigenvalue weighted by molar-refractivity contribution is 6.23. The Labute approximate surface area is 132 Å². The average Bonchev–Trinajstić information content (AvgIpc) is 2.71. The summed E-state index contributed by atoms with van der Waals surface area (Å²) in [5.74, 6) is -1.99. The minimum atomic E-state index is -0.935. The lowest BCUT2D eigenvalue weighted by atomic mass is 9.94. The summed E-state index contributed by atoms with van der Waals surface area (Å²) in [4.78, 5) is 49.9. The van der Waals surface area contributed by atoms with Crippen molar-refractivity contribution in [2.24, 2.45) is 0 Å². The molecule has 1 unspecified atom stereocenters. The SMILES string of the molecule is Cc1cc2c(cc1F)C(=O)N(C1CCC(=O)CCCC1=O)C2=O. The highest BCUT2D eigenvalue weighted by atomic mass is 19.1. The molecule has 0 bridgehead atoms. The molecule has 1 aromatic carbocycles. The summed E-state index contributed by atoms with van der Waals surface area (Å²) >= 11 is 0. The van der Waals surface area contributed by atoms with Crippen LogP contribution in [0.15, 0.2) is 12.1 Å². The molecule has 2 aliphatic rings. The van der Waals surface area contributed by atoms with Crippen LogP contribution in [0.25, 0.3) is 0 Å². The number of halogens is 1. The lowest BCUT2D eigenvalue weighted by molar-refractivity contribution is -0.125. The van der Waals surface area contributed by atoms with Crippen molar-refractivity contribution in [3.8, 4) is 0 Å². The molecule has 0 aromatic heterocycles. The number of imide groups is 1. The fourth-order valence-corrected chi connectivity index (χ4v) is 3.15. The van der Waals surface area contributed by atoms with Crippen molar-refractivity contribution >= 4 is 23.4 Å². The van der Waals surface area contributed by atoms with Crippen LogP contribution < -0.4 is 0 Å². The van der Waals surface area contributed by atoms with Crippen molar-refractivity contribution in [1.29, 1.82) is 0 Å². The van der Waals surface area contributed by atoms with E-state index in [1.807, 2.05) is 0 Å². The zero-order chi connectivity index (χ0) is 16.7. The quantitative estimate of drug-likeness (QED) is 0.745. The molecular formula is C17H16FNO4. The molecule has 1 atom stereocenters. The predicted octanol–water partition coefficient (Wildman–Crippen LogP) is 2.20. The Bertz CT molecular complexity index is 699. The molecular weight excluding hydrogens is 301 g/mol. The van der Waals surface area contributed by atoms with Gasteiger partial charge >= 0.3 is 0 Å². The fraction of sp³-hybridized carbons (Fsp3) is 0.412. The van der Waals surface area contributed by atoms with Crippen LogP contribution in [0.4, 0.5) is 4.39 Å². The number of rotatable bonds is 1. The molecule has 1 aromatic rings. The van der Waals surface area contributed by atoms with Gasteiger partial charge in [0.05, 0.1) is 17.2 Å². The maximum Gasteiger partial charge on any atom is 0.262 e. The Kier molecular flexibility index (Phi) is 3.83. The summed E-state index contributed by atoms with van der Waals surface area (Å²) in [6, 6.07) is 1.45. The van der Waals surface area contributed by atoms with Gasteiger partial charge in [-0.25, -0.2) is 4.39 Å². The fourth-order valence-electron chi connectivity index (χ4n) is 3.15. The van der Waals surface area contributed by atoms with E-state index in [2.05, 4.69) is 0 Å². The van der Waals surface area contributed by atoms with E-state index >= 15 is 0 Å². The first-order valence-electron chi connectivity index (χ1n) is 7.62. The molecule has 1 saturated carbocycles. The van der Waals surface area contributed by atoms with E-state index in [1.54, 1.807) is 0 Å². The molecule has 120 valence electrons. The monoisotopic (exact) mass is 317 g/mol. The van der Waals surface area contributed by atoms with Gasteiger partial charge in [0.1, 0.15) is 11.6 Å². The molecule has 5 nitrogen and oxygen atoms in total. The van der Waals surface area contributed by atoms with Gasteiger partial charge in [-0.05, 0) is 37.5 Å². The topological polar surface area (TPSA) is 71.5 Å². The number of carbonyl (C=O) groups excluding carboxylic acids is 4. The number of carbonyl (C=O) groups is 4. The third-order valence-electron chi connectivity index (χ3n) is 4.46. The van der Waals surface area contributed by atoms with Crippen molar-refractivity contribution < 1.29 is 23.6 Å². The second-order valence-corrected chi connectivity index (χ2v) is 6.04. The number of hydrogen-bond donors (Lipinski definition) is 0. The Balaban J connectivity index is 1.97. The first-order chi connectivity index (χ1) is 10.9. The Morgan fingerprint density at radius 1 is 1.00 bits per heavy atom. The van der Waals surface area contributed by atoms with Crippen molar-refractivity contribution in [3.05, 3.63) is 34.6 Å². The number of ketones is 2. The number of benzene rings is 1. The molecule has 3 rings (SSSR count). The molecule has 0 radical (unpaired) electrons. The molecule has 0 spiro atoms. The standard InChI is InChI=1S/C17H16FNO4/c1-9-7-11-12(8-13(9)18)17(23)19(16(11)22)14-6-5-10(20)3-2-4-15(14)21/h7-8,14H,2-6H2,1H3. The van der Waals surface area contributed by atoms with Gasteiger partial charge in [0.15, 0.2) is 5.78 Å². The van der Waals surface area contributed by atoms with E-state index < -0.39 is 23.7 Å². The zero-order valence-electron chi connectivity index (χ0n) is 12.7. The molecule has 0 N–H and O–H groups in total. The lowest BCUT2D eigenvalue weighted by Gasteiger charge is -2.26. The van der Waals surface area contributed by atoms with E-state index in [4.69, 9.17) is 0 Å². The van der Waals surface area contributed by atoms with Crippen LogP contribution in [0.3, 0.4) is 0 Å². The third-order valence-corrected chi connectivity index (χ3v) is 4.46. The average molecular weight is 317 g/mol. The van der Waals surface area contributed by atoms with Crippen LogP contribution in [0, 0.1) is 12.7 Å². The minimum Gasteiger partial charge on any atom is -0.300 e. The van der Waals surface area contributed by atoms with Gasteiger partial charge in [0, 0.05) is 19.3 Å². The molecule has 2 amide bonds. The van der Waals surface area contributed by atoms with Crippen molar-refractivity contribution in [2.45, 2.75) is 45.1 Å². The summed E-state index contributed by atoms with van der Waals surface area (Å²) in [6.07, 6.45) is 1.26. The molecule has 23 heavy (non-hydrogen) atoms. The Hall–Kier alpha value is -2.37. The number of amides is 2. The molecule has 1 fully saturated rings. The highest BCUT2D eigenvalue weighted by Gasteiger charge is 2.43. The van der Waals surface area contributed by atoms with Crippen molar-refractivity contribution in [3.63, 3.8) is 0 Å². The number of fused-ring (bicyclic) bond motifs is 1. The predicted molar refractivity (Wildman–Crippen MR) is 78.5 cm³/mol. The van der Waals surface area contributed by atoms with Crippen LogP contribution >= 0.6 is 0 Å². The third kappa shape index (κ3) is 2.58. The van der Waals surface area contributed by atoms with Crippen LogP contribution in [0.1, 0.15) is 58.4 Å². The maximum absolute atomic E-state index is 13.7. The van der Waals surface area contributed by atoms with E-state index in [0.29, 0.717) is 12.8 Å². The van der Waals surface area contributed by atoms with Gasteiger partial charge in [-0.1, -0.05) is 0 Å². The lowest BCUT2D eigenvalue weighted by Crippen LogP contribution is -2.45. The van der Waals surface area contributed by atoms with E-state index in [1.165, 1.54) is 13.0 Å². The van der Waals surface area contributed by atoms with Crippen molar-refractivity contribution in [1.82, 2.24) is 4.90 Å². The van der Waals surface area contributed by atoms with E-state index in [-0.39, 0.29) is 47.5 Å². The van der Waals surface area contributed by atoms with Gasteiger partial charge in [-0.3, -0.25) is 24.1 Å². The van der Waals surface area contributed by atoms with Gasteiger partial charge < -0.3 is 0 Å². The number of Topliss-reactive ketones (excluding diaryl/α,β-unsaturated/α-hetero) is 2.